The van der Waals surface area contributed by atoms with E-state index in [1.165, 1.54) is 11.8 Å². The van der Waals surface area contributed by atoms with Crippen molar-refractivity contribution in [2.45, 2.75) is 58.9 Å². The SMILES string of the molecule is Cc1ccc2nc(N3CC(C)CC(C)C3)c(/C=C3/SC(=S)N(C4CCCC4)C3=O)c(=O)n2c1. The van der Waals surface area contributed by atoms with Crippen molar-refractivity contribution in [3.05, 3.63) is 44.7 Å². The highest BCUT2D eigenvalue weighted by Gasteiger charge is 2.38. The summed E-state index contributed by atoms with van der Waals surface area (Å²) in [6.45, 7) is 8.14. The van der Waals surface area contributed by atoms with Crippen LogP contribution in [0.2, 0.25) is 0 Å². The molecule has 2 atom stereocenters. The summed E-state index contributed by atoms with van der Waals surface area (Å²) in [5, 5.41) is 0. The van der Waals surface area contributed by atoms with E-state index in [1.807, 2.05) is 25.3 Å². The van der Waals surface area contributed by atoms with Crippen molar-refractivity contribution in [2.75, 3.05) is 18.0 Å². The van der Waals surface area contributed by atoms with Gasteiger partial charge in [0.15, 0.2) is 0 Å². The van der Waals surface area contributed by atoms with Crippen LogP contribution in [0, 0.1) is 18.8 Å². The molecule has 8 heteroatoms. The predicted molar refractivity (Wildman–Crippen MR) is 139 cm³/mol. The summed E-state index contributed by atoms with van der Waals surface area (Å²) in [4.78, 5) is 36.5. The Hall–Kier alpha value is -2.19. The van der Waals surface area contributed by atoms with Gasteiger partial charge in [-0.1, -0.05) is 56.7 Å². The fraction of sp³-hybridized carbons (Fsp3) is 0.520. The van der Waals surface area contributed by atoms with E-state index < -0.39 is 0 Å². The van der Waals surface area contributed by atoms with Gasteiger partial charge >= 0.3 is 0 Å². The normalized spacial score (nSPS) is 25.7. The summed E-state index contributed by atoms with van der Waals surface area (Å²) in [5.74, 6) is 1.63. The van der Waals surface area contributed by atoms with Gasteiger partial charge in [0.2, 0.25) is 0 Å². The average molecular weight is 483 g/mol. The van der Waals surface area contributed by atoms with Crippen LogP contribution in [0.3, 0.4) is 0 Å². The zero-order valence-electron chi connectivity index (χ0n) is 19.4. The van der Waals surface area contributed by atoms with E-state index in [9.17, 15) is 9.59 Å². The Labute approximate surface area is 204 Å². The van der Waals surface area contributed by atoms with Crippen LogP contribution in [0.4, 0.5) is 5.82 Å². The molecule has 174 valence electrons. The first-order chi connectivity index (χ1) is 15.8. The number of carbonyl (C=O) groups is 1. The molecular weight excluding hydrogens is 452 g/mol. The topological polar surface area (TPSA) is 57.9 Å². The van der Waals surface area contributed by atoms with Gasteiger partial charge in [-0.15, -0.1) is 0 Å². The fourth-order valence-corrected chi connectivity index (χ4v) is 6.92. The molecule has 4 heterocycles. The van der Waals surface area contributed by atoms with Crippen LogP contribution < -0.4 is 10.5 Å². The van der Waals surface area contributed by atoms with E-state index in [1.54, 1.807) is 15.4 Å². The van der Waals surface area contributed by atoms with Gasteiger partial charge in [0.25, 0.3) is 11.5 Å². The molecule has 2 saturated heterocycles. The standard InChI is InChI=1S/C25H30N4O2S2/c1-15-8-9-21-26-22(27-12-16(2)10-17(3)13-27)19(23(30)28(21)14-15)11-20-24(31)29(25(32)33-20)18-6-4-5-7-18/h8-9,11,14,16-18H,4-7,10,12-13H2,1-3H3/b20-11+. The number of aromatic nitrogens is 2. The summed E-state index contributed by atoms with van der Waals surface area (Å²) >= 11 is 6.89. The Morgan fingerprint density at radius 2 is 1.82 bits per heavy atom. The maximum atomic E-state index is 13.7. The largest absolute Gasteiger partial charge is 0.355 e. The highest BCUT2D eigenvalue weighted by atomic mass is 32.2. The third kappa shape index (κ3) is 4.23. The van der Waals surface area contributed by atoms with Gasteiger partial charge in [-0.05, 0) is 55.7 Å². The Kier molecular flexibility index (Phi) is 6.07. The van der Waals surface area contributed by atoms with E-state index in [2.05, 4.69) is 18.7 Å². The van der Waals surface area contributed by atoms with Crippen molar-refractivity contribution < 1.29 is 4.79 Å². The number of fused-ring (bicyclic) bond motifs is 1. The van der Waals surface area contributed by atoms with Crippen LogP contribution in [0.1, 0.15) is 57.1 Å². The highest BCUT2D eigenvalue weighted by Crippen LogP contribution is 2.38. The third-order valence-corrected chi connectivity index (χ3v) is 8.27. The Balaban J connectivity index is 1.63. The van der Waals surface area contributed by atoms with Crippen molar-refractivity contribution in [1.82, 2.24) is 14.3 Å². The molecule has 2 unspecified atom stereocenters. The number of hydrogen-bond acceptors (Lipinski definition) is 6. The van der Waals surface area contributed by atoms with E-state index >= 15 is 0 Å². The number of amides is 1. The molecule has 6 nitrogen and oxygen atoms in total. The van der Waals surface area contributed by atoms with Crippen molar-refractivity contribution in [3.8, 4) is 0 Å². The lowest BCUT2D eigenvalue weighted by Gasteiger charge is -2.36. The van der Waals surface area contributed by atoms with Crippen molar-refractivity contribution in [2.24, 2.45) is 11.8 Å². The highest BCUT2D eigenvalue weighted by molar-refractivity contribution is 8.26. The summed E-state index contributed by atoms with van der Waals surface area (Å²) in [7, 11) is 0. The molecule has 3 aliphatic rings. The van der Waals surface area contributed by atoms with Crippen LogP contribution in [0.15, 0.2) is 28.0 Å². The van der Waals surface area contributed by atoms with Crippen LogP contribution in [0.5, 0.6) is 0 Å². The van der Waals surface area contributed by atoms with Crippen LogP contribution in [-0.4, -0.2) is 43.6 Å². The molecule has 1 aliphatic carbocycles. The predicted octanol–water partition coefficient (Wildman–Crippen LogP) is 4.63. The molecule has 0 bridgehead atoms. The molecule has 1 amide bonds. The third-order valence-electron chi connectivity index (χ3n) is 6.94. The van der Waals surface area contributed by atoms with Gasteiger partial charge in [0.05, 0.1) is 10.5 Å². The van der Waals surface area contributed by atoms with Crippen molar-refractivity contribution >= 4 is 51.7 Å². The van der Waals surface area contributed by atoms with E-state index in [0.29, 0.717) is 38.1 Å². The lowest BCUT2D eigenvalue weighted by Crippen LogP contribution is -2.40. The first kappa shape index (κ1) is 22.6. The maximum absolute atomic E-state index is 13.7. The second-order valence-corrected chi connectivity index (χ2v) is 11.6. The van der Waals surface area contributed by atoms with Crippen LogP contribution in [-0.2, 0) is 4.79 Å². The second-order valence-electron chi connectivity index (χ2n) is 9.93. The van der Waals surface area contributed by atoms with Gasteiger partial charge < -0.3 is 4.90 Å². The number of anilines is 1. The van der Waals surface area contributed by atoms with E-state index in [4.69, 9.17) is 17.2 Å². The molecule has 2 aromatic heterocycles. The fourth-order valence-electron chi connectivity index (χ4n) is 5.54. The van der Waals surface area contributed by atoms with Crippen LogP contribution >= 0.6 is 24.0 Å². The lowest BCUT2D eigenvalue weighted by molar-refractivity contribution is -0.123. The zero-order chi connectivity index (χ0) is 23.3. The molecule has 5 rings (SSSR count). The van der Waals surface area contributed by atoms with Gasteiger partial charge in [0.1, 0.15) is 15.8 Å². The summed E-state index contributed by atoms with van der Waals surface area (Å²) in [6.07, 6.45) is 8.98. The number of piperidine rings is 1. The minimum atomic E-state index is -0.143. The van der Waals surface area contributed by atoms with Gasteiger partial charge in [-0.25, -0.2) is 4.98 Å². The molecule has 0 aromatic carbocycles. The molecule has 0 spiro atoms. The number of rotatable bonds is 3. The lowest BCUT2D eigenvalue weighted by atomic mass is 9.91. The molecular formula is C25H30N4O2S2. The van der Waals surface area contributed by atoms with Crippen molar-refractivity contribution in [3.63, 3.8) is 0 Å². The Morgan fingerprint density at radius 3 is 2.52 bits per heavy atom. The molecule has 33 heavy (non-hydrogen) atoms. The average Bonchev–Trinajstić information content (AvgIpc) is 3.37. The van der Waals surface area contributed by atoms with Crippen LogP contribution in [0.25, 0.3) is 11.7 Å². The number of thiocarbonyl (C=S) groups is 1. The van der Waals surface area contributed by atoms with E-state index in [0.717, 1.165) is 50.8 Å². The summed E-state index contributed by atoms with van der Waals surface area (Å²) in [6, 6.07) is 4.05. The minimum absolute atomic E-state index is 0.0723. The Morgan fingerprint density at radius 1 is 1.12 bits per heavy atom. The smallest absolute Gasteiger partial charge is 0.267 e. The number of thioether (sulfide) groups is 1. The van der Waals surface area contributed by atoms with Gasteiger partial charge in [-0.2, -0.15) is 0 Å². The molecule has 2 aliphatic heterocycles. The molecule has 0 N–H and O–H groups in total. The quantitative estimate of drug-likeness (QED) is 0.470. The first-order valence-corrected chi connectivity index (χ1v) is 13.1. The Bertz CT molecular complexity index is 1200. The molecule has 0 radical (unpaired) electrons. The van der Waals surface area contributed by atoms with Gasteiger partial charge in [0, 0.05) is 25.3 Å². The number of hydrogen-bond donors (Lipinski definition) is 0. The van der Waals surface area contributed by atoms with Gasteiger partial charge in [-0.3, -0.25) is 18.9 Å². The van der Waals surface area contributed by atoms with E-state index in [-0.39, 0.29) is 17.5 Å². The monoisotopic (exact) mass is 482 g/mol. The number of nitrogens with zero attached hydrogens (tertiary/aromatic N) is 4. The zero-order valence-corrected chi connectivity index (χ0v) is 21.0. The summed E-state index contributed by atoms with van der Waals surface area (Å²) in [5.41, 5.74) is 1.95. The first-order valence-electron chi connectivity index (χ1n) is 11.9. The molecule has 3 fully saturated rings. The minimum Gasteiger partial charge on any atom is -0.355 e. The maximum Gasteiger partial charge on any atom is 0.267 e. The molecule has 2 aromatic rings. The summed E-state index contributed by atoms with van der Waals surface area (Å²) < 4.78 is 2.20. The number of pyridine rings is 1. The number of carbonyl (C=O) groups excluding carboxylic acids is 1. The van der Waals surface area contributed by atoms with Crippen molar-refractivity contribution in [1.29, 1.82) is 0 Å². The number of aryl methyl sites for hydroxylation is 1. The second kappa shape index (κ2) is 8.87. The molecule has 1 saturated carbocycles.